The Labute approximate surface area is 390 Å². The van der Waals surface area contributed by atoms with Gasteiger partial charge in [0, 0.05) is 136 Å². The van der Waals surface area contributed by atoms with Crippen molar-refractivity contribution in [3.63, 3.8) is 0 Å². The van der Waals surface area contributed by atoms with Gasteiger partial charge in [-0.05, 0) is 92.5 Å². The molecule has 0 unspecified atom stereocenters. The van der Waals surface area contributed by atoms with E-state index in [4.69, 9.17) is 0 Å². The number of fused-ring (bicyclic) bond motifs is 9. The zero-order chi connectivity index (χ0) is 44.8. The molecule has 9 heteroatoms. The molecule has 9 heterocycles. The number of hydrogen-bond donors (Lipinski definition) is 0. The van der Waals surface area contributed by atoms with Crippen LogP contribution >= 0.6 is 0 Å². The standard InChI is InChI=1S/3C19H21N3/c1-21-12-10-17-16(14-21)19-18(8-5-11-20-19)22(17)13-9-15-6-3-2-4-7-15;1-21-11-9-19-17(14-21)16-13-20-10-7-18(16)22(19)12-8-15-5-3-2-4-6-15;1-21-11-9-18-17(14-21)16-7-10-20-13-19(16)22(18)12-8-15-5-3-2-4-6-15/h2-8,11H,9-10,12-14H2,1H3;2*2-7,10,13H,8-9,11-12,14H2,1H3. The highest BCUT2D eigenvalue weighted by Gasteiger charge is 2.25. The average molecular weight is 874 g/mol. The lowest BCUT2D eigenvalue weighted by Crippen LogP contribution is -2.27. The first-order valence-electron chi connectivity index (χ1n) is 24.0. The summed E-state index contributed by atoms with van der Waals surface area (Å²) >= 11 is 0. The number of benzene rings is 3. The van der Waals surface area contributed by atoms with Crippen LogP contribution in [0.2, 0.25) is 0 Å². The van der Waals surface area contributed by atoms with E-state index in [-0.39, 0.29) is 0 Å². The molecule has 0 spiro atoms. The fourth-order valence-electron chi connectivity index (χ4n) is 10.7. The van der Waals surface area contributed by atoms with Crippen molar-refractivity contribution in [2.24, 2.45) is 0 Å². The fourth-order valence-corrected chi connectivity index (χ4v) is 10.7. The molecule has 0 amide bonds. The van der Waals surface area contributed by atoms with E-state index in [9.17, 15) is 0 Å². The van der Waals surface area contributed by atoms with Gasteiger partial charge in [-0.25, -0.2) is 0 Å². The third kappa shape index (κ3) is 9.34. The van der Waals surface area contributed by atoms with E-state index in [0.29, 0.717) is 0 Å². The molecule has 9 nitrogen and oxygen atoms in total. The van der Waals surface area contributed by atoms with E-state index < -0.39 is 0 Å². The molecule has 0 bridgehead atoms. The minimum Gasteiger partial charge on any atom is -0.344 e. The van der Waals surface area contributed by atoms with Gasteiger partial charge < -0.3 is 28.4 Å². The molecule has 0 saturated heterocycles. The summed E-state index contributed by atoms with van der Waals surface area (Å²) in [6, 6.07) is 40.9. The Morgan fingerprint density at radius 3 is 1.42 bits per heavy atom. The SMILES string of the molecule is CN1CCc2c(c3ccncc3n2CCc2ccccc2)C1.CN1CCc2c(c3cnccc3n2CCc2ccccc2)C1.CN1CCc2c(c3ncccc3n2CCc2ccccc2)C1. The van der Waals surface area contributed by atoms with Crippen molar-refractivity contribution in [1.29, 1.82) is 0 Å². The van der Waals surface area contributed by atoms with Gasteiger partial charge in [0.1, 0.15) is 0 Å². The maximum atomic E-state index is 4.66. The summed E-state index contributed by atoms with van der Waals surface area (Å²) in [6.45, 7) is 9.63. The summed E-state index contributed by atoms with van der Waals surface area (Å²) in [5.74, 6) is 0. The van der Waals surface area contributed by atoms with Crippen molar-refractivity contribution >= 4 is 32.8 Å². The first kappa shape index (κ1) is 43.5. The smallest absolute Gasteiger partial charge is 0.0928 e. The predicted molar refractivity (Wildman–Crippen MR) is 270 cm³/mol. The third-order valence-electron chi connectivity index (χ3n) is 14.1. The van der Waals surface area contributed by atoms with Crippen LogP contribution in [0.1, 0.15) is 50.5 Å². The first-order valence-corrected chi connectivity index (χ1v) is 24.0. The van der Waals surface area contributed by atoms with Crippen molar-refractivity contribution < 1.29 is 0 Å². The summed E-state index contributed by atoms with van der Waals surface area (Å²) in [4.78, 5) is 20.6. The molecule has 0 saturated carbocycles. The molecule has 0 atom stereocenters. The molecule has 3 aliphatic heterocycles. The Morgan fingerprint density at radius 2 is 0.864 bits per heavy atom. The second-order valence-corrected chi connectivity index (χ2v) is 18.6. The van der Waals surface area contributed by atoms with E-state index in [2.05, 4.69) is 180 Å². The van der Waals surface area contributed by atoms with Crippen molar-refractivity contribution in [2.75, 3.05) is 40.8 Å². The van der Waals surface area contributed by atoms with Crippen molar-refractivity contribution in [2.45, 2.75) is 77.8 Å². The van der Waals surface area contributed by atoms with Crippen LogP contribution in [-0.2, 0) is 77.8 Å². The van der Waals surface area contributed by atoms with Crippen LogP contribution in [0, 0.1) is 0 Å². The van der Waals surface area contributed by atoms with Gasteiger partial charge in [-0.3, -0.25) is 15.0 Å². The van der Waals surface area contributed by atoms with Crippen LogP contribution in [-0.4, -0.2) is 84.1 Å². The van der Waals surface area contributed by atoms with Crippen LogP contribution in [0.15, 0.2) is 146 Å². The fraction of sp³-hybridized carbons (Fsp3) is 0.316. The van der Waals surface area contributed by atoms with Gasteiger partial charge >= 0.3 is 0 Å². The maximum Gasteiger partial charge on any atom is 0.0928 e. The van der Waals surface area contributed by atoms with Gasteiger partial charge in [0.25, 0.3) is 0 Å². The Morgan fingerprint density at radius 1 is 0.409 bits per heavy atom. The molecular formula is C57H63N9. The number of rotatable bonds is 9. The zero-order valence-electron chi connectivity index (χ0n) is 39.0. The van der Waals surface area contributed by atoms with Gasteiger partial charge in [-0.15, -0.1) is 0 Å². The summed E-state index contributed by atoms with van der Waals surface area (Å²) < 4.78 is 7.52. The highest BCUT2D eigenvalue weighted by Crippen LogP contribution is 2.33. The van der Waals surface area contributed by atoms with Gasteiger partial charge in [0.2, 0.25) is 0 Å². The molecule has 0 aliphatic carbocycles. The van der Waals surface area contributed by atoms with Crippen LogP contribution in [0.4, 0.5) is 0 Å². The van der Waals surface area contributed by atoms with Crippen molar-refractivity contribution in [3.05, 3.63) is 197 Å². The average Bonchev–Trinajstić information content (AvgIpc) is 3.97. The second kappa shape index (κ2) is 20.0. The van der Waals surface area contributed by atoms with E-state index >= 15 is 0 Å². The highest BCUT2D eigenvalue weighted by atomic mass is 15.1. The van der Waals surface area contributed by atoms with Crippen molar-refractivity contribution in [1.82, 2.24) is 43.4 Å². The normalized spacial score (nSPS) is 15.1. The lowest BCUT2D eigenvalue weighted by molar-refractivity contribution is 0.309. The summed E-state index contributed by atoms with van der Waals surface area (Å²) in [7, 11) is 6.60. The number of hydrogen-bond acceptors (Lipinski definition) is 6. The summed E-state index contributed by atoms with van der Waals surface area (Å²) in [5.41, 5.74) is 18.2. The van der Waals surface area contributed by atoms with Crippen LogP contribution < -0.4 is 0 Å². The van der Waals surface area contributed by atoms with Crippen molar-refractivity contribution in [3.8, 4) is 0 Å². The molecule has 9 aromatic rings. The maximum absolute atomic E-state index is 4.66. The monoisotopic (exact) mass is 874 g/mol. The molecule has 12 rings (SSSR count). The topological polar surface area (TPSA) is 63.2 Å². The zero-order valence-corrected chi connectivity index (χ0v) is 39.0. The molecule has 6 aromatic heterocycles. The van der Waals surface area contributed by atoms with Gasteiger partial charge in [0.15, 0.2) is 0 Å². The van der Waals surface area contributed by atoms with Gasteiger partial charge in [-0.1, -0.05) is 91.0 Å². The molecule has 3 aliphatic rings. The molecule has 0 fully saturated rings. The molecular weight excluding hydrogens is 811 g/mol. The second-order valence-electron chi connectivity index (χ2n) is 18.6. The highest BCUT2D eigenvalue weighted by molar-refractivity contribution is 5.86. The minimum absolute atomic E-state index is 1.02. The van der Waals surface area contributed by atoms with E-state index in [1.807, 2.05) is 31.0 Å². The van der Waals surface area contributed by atoms with Crippen LogP contribution in [0.25, 0.3) is 32.8 Å². The van der Waals surface area contributed by atoms with Gasteiger partial charge in [-0.2, -0.15) is 0 Å². The Kier molecular flexibility index (Phi) is 13.2. The van der Waals surface area contributed by atoms with Crippen LogP contribution in [0.5, 0.6) is 0 Å². The quantitative estimate of drug-likeness (QED) is 0.144. The molecule has 336 valence electrons. The number of pyridine rings is 3. The summed E-state index contributed by atoms with van der Waals surface area (Å²) in [6.07, 6.45) is 16.4. The van der Waals surface area contributed by atoms with E-state index in [1.165, 1.54) is 83.3 Å². The lowest BCUT2D eigenvalue weighted by Gasteiger charge is -2.24. The first-order chi connectivity index (χ1) is 32.5. The van der Waals surface area contributed by atoms with E-state index in [0.717, 1.165) is 97.4 Å². The van der Waals surface area contributed by atoms with Gasteiger partial charge in [0.05, 0.1) is 28.3 Å². The van der Waals surface area contributed by atoms with E-state index in [1.54, 1.807) is 0 Å². The number of aryl methyl sites for hydroxylation is 6. The lowest BCUT2D eigenvalue weighted by atomic mass is 10.1. The molecule has 0 N–H and O–H groups in total. The number of nitrogens with zero attached hydrogens (tertiary/aromatic N) is 9. The minimum atomic E-state index is 1.02. The summed E-state index contributed by atoms with van der Waals surface area (Å²) in [5, 5.41) is 2.71. The third-order valence-corrected chi connectivity index (χ3v) is 14.1. The predicted octanol–water partition coefficient (Wildman–Crippen LogP) is 9.80. The Balaban J connectivity index is 0.000000116. The number of likely N-dealkylation sites (N-methyl/N-ethyl adjacent to an activating group) is 3. The molecule has 3 aromatic carbocycles. The number of aromatic nitrogens is 6. The molecule has 66 heavy (non-hydrogen) atoms. The van der Waals surface area contributed by atoms with Crippen LogP contribution in [0.3, 0.4) is 0 Å². The Bertz CT molecular complexity index is 2690. The largest absolute Gasteiger partial charge is 0.344 e. The molecule has 0 radical (unpaired) electrons. The Hall–Kier alpha value is -6.39.